The predicted octanol–water partition coefficient (Wildman–Crippen LogP) is 1.94. The Balaban J connectivity index is 1.79. The standard InChI is InChI=1S/C16H25FN2O2S/c1-14(15-5-3-6-16(17)13-15)19-10-8-18(9-11-19)7-4-12-22(2,20)21/h3,5-6,13-14H,4,7-12H2,1-2H3/t14-/m1/s1. The fourth-order valence-corrected chi connectivity index (χ4v) is 3.56. The molecule has 124 valence electrons. The lowest BCUT2D eigenvalue weighted by atomic mass is 10.1. The Hall–Kier alpha value is -0.980. The monoisotopic (exact) mass is 328 g/mol. The SMILES string of the molecule is C[C@H](c1cccc(F)c1)N1CCN(CCCS(C)(=O)=O)CC1. The van der Waals surface area contributed by atoms with Crippen LogP contribution >= 0.6 is 0 Å². The number of halogens is 1. The van der Waals surface area contributed by atoms with Gasteiger partial charge < -0.3 is 4.90 Å². The Morgan fingerprint density at radius 2 is 1.91 bits per heavy atom. The third-order valence-electron chi connectivity index (χ3n) is 4.28. The summed E-state index contributed by atoms with van der Waals surface area (Å²) in [7, 11) is -2.86. The van der Waals surface area contributed by atoms with Crippen LogP contribution in [0.5, 0.6) is 0 Å². The predicted molar refractivity (Wildman–Crippen MR) is 87.2 cm³/mol. The fraction of sp³-hybridized carbons (Fsp3) is 0.625. The Bertz CT molecular complexity index is 584. The first-order valence-corrected chi connectivity index (χ1v) is 9.81. The van der Waals surface area contributed by atoms with Crippen LogP contribution < -0.4 is 0 Å². The molecule has 1 heterocycles. The van der Waals surface area contributed by atoms with Crippen molar-refractivity contribution in [3.05, 3.63) is 35.6 Å². The third kappa shape index (κ3) is 5.34. The van der Waals surface area contributed by atoms with E-state index in [1.165, 1.54) is 12.3 Å². The van der Waals surface area contributed by atoms with Gasteiger partial charge in [0, 0.05) is 38.5 Å². The number of hydrogen-bond donors (Lipinski definition) is 0. The third-order valence-corrected chi connectivity index (χ3v) is 5.31. The second-order valence-electron chi connectivity index (χ2n) is 6.09. The van der Waals surface area contributed by atoms with Crippen LogP contribution in [-0.4, -0.2) is 63.0 Å². The maximum atomic E-state index is 13.3. The van der Waals surface area contributed by atoms with E-state index in [4.69, 9.17) is 0 Å². The number of sulfone groups is 1. The molecule has 1 atom stereocenters. The molecule has 1 saturated heterocycles. The van der Waals surface area contributed by atoms with Crippen molar-refractivity contribution in [2.45, 2.75) is 19.4 Å². The van der Waals surface area contributed by atoms with Crippen LogP contribution in [0.1, 0.15) is 24.9 Å². The number of nitrogens with zero attached hydrogens (tertiary/aromatic N) is 2. The Labute approximate surface area is 132 Å². The van der Waals surface area contributed by atoms with Gasteiger partial charge in [-0.1, -0.05) is 12.1 Å². The van der Waals surface area contributed by atoms with Gasteiger partial charge in [-0.25, -0.2) is 12.8 Å². The van der Waals surface area contributed by atoms with E-state index >= 15 is 0 Å². The van der Waals surface area contributed by atoms with Gasteiger partial charge in [0.25, 0.3) is 0 Å². The average Bonchev–Trinajstić information content (AvgIpc) is 2.46. The highest BCUT2D eigenvalue weighted by Gasteiger charge is 2.22. The first kappa shape index (κ1) is 17.4. The van der Waals surface area contributed by atoms with Crippen molar-refractivity contribution in [1.82, 2.24) is 9.80 Å². The van der Waals surface area contributed by atoms with Crippen molar-refractivity contribution in [2.24, 2.45) is 0 Å². The topological polar surface area (TPSA) is 40.6 Å². The van der Waals surface area contributed by atoms with E-state index in [0.29, 0.717) is 6.42 Å². The Morgan fingerprint density at radius 1 is 1.23 bits per heavy atom. The molecule has 4 nitrogen and oxygen atoms in total. The average molecular weight is 328 g/mol. The first-order chi connectivity index (χ1) is 10.3. The van der Waals surface area contributed by atoms with Crippen LogP contribution in [0.4, 0.5) is 4.39 Å². The molecule has 2 rings (SSSR count). The van der Waals surface area contributed by atoms with Crippen molar-refractivity contribution in [3.63, 3.8) is 0 Å². The highest BCUT2D eigenvalue weighted by atomic mass is 32.2. The molecule has 0 unspecified atom stereocenters. The molecular weight excluding hydrogens is 303 g/mol. The van der Waals surface area contributed by atoms with Gasteiger partial charge in [0.1, 0.15) is 15.7 Å². The second kappa shape index (κ2) is 7.53. The van der Waals surface area contributed by atoms with Gasteiger partial charge in [0.15, 0.2) is 0 Å². The zero-order valence-corrected chi connectivity index (χ0v) is 14.2. The van der Waals surface area contributed by atoms with E-state index in [1.54, 1.807) is 12.1 Å². The summed E-state index contributed by atoms with van der Waals surface area (Å²) in [4.78, 5) is 4.65. The minimum absolute atomic E-state index is 0.191. The summed E-state index contributed by atoms with van der Waals surface area (Å²) < 4.78 is 35.6. The highest BCUT2D eigenvalue weighted by Crippen LogP contribution is 2.22. The van der Waals surface area contributed by atoms with E-state index in [9.17, 15) is 12.8 Å². The van der Waals surface area contributed by atoms with Gasteiger partial charge in [0.05, 0.1) is 5.75 Å². The number of benzene rings is 1. The van der Waals surface area contributed by atoms with Crippen LogP contribution in [0, 0.1) is 5.82 Å². The van der Waals surface area contributed by atoms with Crippen molar-refractivity contribution in [2.75, 3.05) is 44.7 Å². The molecule has 0 bridgehead atoms. The van der Waals surface area contributed by atoms with Gasteiger partial charge in [-0.15, -0.1) is 0 Å². The molecule has 1 fully saturated rings. The lowest BCUT2D eigenvalue weighted by Gasteiger charge is -2.38. The van der Waals surface area contributed by atoms with Crippen LogP contribution in [0.3, 0.4) is 0 Å². The molecule has 0 amide bonds. The van der Waals surface area contributed by atoms with Crippen molar-refractivity contribution in [3.8, 4) is 0 Å². The van der Waals surface area contributed by atoms with Gasteiger partial charge in [-0.05, 0) is 37.6 Å². The molecule has 0 aromatic heterocycles. The molecule has 0 radical (unpaired) electrons. The maximum Gasteiger partial charge on any atom is 0.147 e. The van der Waals surface area contributed by atoms with Crippen LogP contribution in [0.15, 0.2) is 24.3 Å². The van der Waals surface area contributed by atoms with E-state index in [1.807, 2.05) is 6.07 Å². The molecule has 22 heavy (non-hydrogen) atoms. The van der Waals surface area contributed by atoms with Crippen LogP contribution in [-0.2, 0) is 9.84 Å². The smallest absolute Gasteiger partial charge is 0.147 e. The Kier molecular flexibility index (Phi) is 5.94. The molecule has 6 heteroatoms. The molecule has 1 aliphatic heterocycles. The van der Waals surface area contributed by atoms with Crippen molar-refractivity contribution < 1.29 is 12.8 Å². The van der Waals surface area contributed by atoms with Gasteiger partial charge in [-0.2, -0.15) is 0 Å². The van der Waals surface area contributed by atoms with Gasteiger partial charge >= 0.3 is 0 Å². The molecule has 1 aliphatic rings. The van der Waals surface area contributed by atoms with E-state index in [-0.39, 0.29) is 17.6 Å². The summed E-state index contributed by atoms with van der Waals surface area (Å²) in [5.74, 6) is 0.0659. The second-order valence-corrected chi connectivity index (χ2v) is 8.35. The molecule has 1 aromatic rings. The van der Waals surface area contributed by atoms with E-state index < -0.39 is 9.84 Å². The number of piperazine rings is 1. The largest absolute Gasteiger partial charge is 0.301 e. The van der Waals surface area contributed by atoms with Crippen LogP contribution in [0.2, 0.25) is 0 Å². The summed E-state index contributed by atoms with van der Waals surface area (Å²) in [5, 5.41) is 0. The van der Waals surface area contributed by atoms with Gasteiger partial charge in [0.2, 0.25) is 0 Å². The summed E-state index contributed by atoms with van der Waals surface area (Å²) in [6.45, 7) is 6.66. The Morgan fingerprint density at radius 3 is 2.50 bits per heavy atom. The zero-order chi connectivity index (χ0) is 16.2. The summed E-state index contributed by atoms with van der Waals surface area (Å²) in [5.41, 5.74) is 1.01. The zero-order valence-electron chi connectivity index (χ0n) is 13.3. The molecule has 1 aromatic carbocycles. The van der Waals surface area contributed by atoms with Gasteiger partial charge in [-0.3, -0.25) is 4.90 Å². The molecular formula is C16H25FN2O2S. The molecule has 0 saturated carbocycles. The lowest BCUT2D eigenvalue weighted by Crippen LogP contribution is -2.47. The van der Waals surface area contributed by atoms with Crippen LogP contribution in [0.25, 0.3) is 0 Å². The summed E-state index contributed by atoms with van der Waals surface area (Å²) >= 11 is 0. The quantitative estimate of drug-likeness (QED) is 0.800. The minimum atomic E-state index is -2.86. The molecule has 0 N–H and O–H groups in total. The van der Waals surface area contributed by atoms with Crippen molar-refractivity contribution in [1.29, 1.82) is 0 Å². The summed E-state index contributed by atoms with van der Waals surface area (Å²) in [6.07, 6.45) is 1.98. The fourth-order valence-electron chi connectivity index (χ4n) is 2.90. The van der Waals surface area contributed by atoms with E-state index in [2.05, 4.69) is 16.7 Å². The normalized spacial score (nSPS) is 19.2. The van der Waals surface area contributed by atoms with Crippen molar-refractivity contribution >= 4 is 9.84 Å². The van der Waals surface area contributed by atoms with E-state index in [0.717, 1.165) is 38.3 Å². The first-order valence-electron chi connectivity index (χ1n) is 7.75. The number of hydrogen-bond acceptors (Lipinski definition) is 4. The number of rotatable bonds is 6. The maximum absolute atomic E-state index is 13.3. The summed E-state index contributed by atoms with van der Waals surface area (Å²) in [6, 6.07) is 6.99. The minimum Gasteiger partial charge on any atom is -0.301 e. The highest BCUT2D eigenvalue weighted by molar-refractivity contribution is 7.90. The molecule has 0 aliphatic carbocycles. The lowest BCUT2D eigenvalue weighted by molar-refractivity contribution is 0.102. The molecule has 0 spiro atoms.